The minimum absolute atomic E-state index is 0.471. The lowest BCUT2D eigenvalue weighted by atomic mass is 10.1. The van der Waals surface area contributed by atoms with Crippen molar-refractivity contribution in [2.24, 2.45) is 0 Å². The van der Waals surface area contributed by atoms with Gasteiger partial charge in [0.25, 0.3) is 5.92 Å². The molecule has 2 nitrogen and oxygen atoms in total. The second-order valence-electron chi connectivity index (χ2n) is 3.11. The number of alkyl halides is 5. The summed E-state index contributed by atoms with van der Waals surface area (Å²) in [5.74, 6) is -3.37. The normalized spacial score (nSPS) is 12.9. The molecule has 0 fully saturated rings. The summed E-state index contributed by atoms with van der Waals surface area (Å²) in [6.45, 7) is -0.756. The van der Waals surface area contributed by atoms with Gasteiger partial charge in [-0.2, -0.15) is 13.2 Å². The molecule has 1 rings (SSSR count). The van der Waals surface area contributed by atoms with Crippen LogP contribution in [0.2, 0.25) is 0 Å². The van der Waals surface area contributed by atoms with Crippen molar-refractivity contribution in [1.29, 1.82) is 0 Å². The number of aromatic nitrogens is 1. The number of aliphatic hydroxyl groups excluding tert-OH is 1. The lowest BCUT2D eigenvalue weighted by molar-refractivity contribution is -0.141. The smallest absolute Gasteiger partial charge is 0.396 e. The lowest BCUT2D eigenvalue weighted by Crippen LogP contribution is -2.17. The summed E-state index contributed by atoms with van der Waals surface area (Å²) in [4.78, 5) is 2.91. The van der Waals surface area contributed by atoms with Crippen LogP contribution in [0, 0.1) is 0 Å². The Morgan fingerprint density at radius 3 is 2.12 bits per heavy atom. The molecule has 0 aromatic carbocycles. The maximum atomic E-state index is 13.1. The van der Waals surface area contributed by atoms with Gasteiger partial charge in [-0.05, 0) is 12.1 Å². The van der Waals surface area contributed by atoms with Crippen LogP contribution in [-0.2, 0) is 12.1 Å². The third-order valence-electron chi connectivity index (χ3n) is 1.90. The topological polar surface area (TPSA) is 33.1 Å². The molecule has 0 saturated carbocycles. The van der Waals surface area contributed by atoms with Gasteiger partial charge >= 0.3 is 6.18 Å². The van der Waals surface area contributed by atoms with E-state index in [1.165, 1.54) is 0 Å². The van der Waals surface area contributed by atoms with Gasteiger partial charge in [0, 0.05) is 24.8 Å². The number of nitrogens with zero attached hydrogens (tertiary/aromatic N) is 1. The summed E-state index contributed by atoms with van der Waals surface area (Å²) in [6, 6.07) is 1.14. The zero-order valence-corrected chi connectivity index (χ0v) is 7.93. The van der Waals surface area contributed by atoms with Gasteiger partial charge in [0.05, 0.1) is 0 Å². The van der Waals surface area contributed by atoms with Gasteiger partial charge in [-0.1, -0.05) is 0 Å². The molecule has 1 N–H and O–H groups in total. The van der Waals surface area contributed by atoms with Crippen LogP contribution < -0.4 is 0 Å². The van der Waals surface area contributed by atoms with E-state index >= 15 is 0 Å². The van der Waals surface area contributed by atoms with Crippen molar-refractivity contribution in [3.05, 3.63) is 29.6 Å². The first-order chi connectivity index (χ1) is 7.27. The molecule has 90 valence electrons. The highest BCUT2D eigenvalue weighted by Crippen LogP contribution is 2.33. The first-order valence-electron chi connectivity index (χ1n) is 4.30. The summed E-state index contributed by atoms with van der Waals surface area (Å²) in [7, 11) is 0. The van der Waals surface area contributed by atoms with E-state index in [1.807, 2.05) is 0 Å². The number of hydrogen-bond acceptors (Lipinski definition) is 2. The quantitative estimate of drug-likeness (QED) is 0.825. The predicted molar refractivity (Wildman–Crippen MR) is 44.8 cm³/mol. The number of aliphatic hydroxyl groups is 1. The fourth-order valence-corrected chi connectivity index (χ4v) is 1.06. The van der Waals surface area contributed by atoms with Gasteiger partial charge in [0.1, 0.15) is 5.69 Å². The molecule has 0 unspecified atom stereocenters. The van der Waals surface area contributed by atoms with Crippen LogP contribution in [0.1, 0.15) is 17.7 Å². The van der Waals surface area contributed by atoms with Crippen molar-refractivity contribution in [2.45, 2.75) is 18.5 Å². The molecule has 0 radical (unpaired) electrons. The van der Waals surface area contributed by atoms with E-state index in [0.717, 1.165) is 0 Å². The molecule has 0 aliphatic carbocycles. The van der Waals surface area contributed by atoms with Gasteiger partial charge < -0.3 is 5.11 Å². The molecule has 16 heavy (non-hydrogen) atoms. The molecule has 0 saturated heterocycles. The maximum absolute atomic E-state index is 13.1. The summed E-state index contributed by atoms with van der Waals surface area (Å²) in [5, 5.41) is 8.37. The molecule has 0 aliphatic heterocycles. The standard InChI is InChI=1S/C9H8F5NO/c10-8(11,3-4-16)6-1-2-7(15-5-6)9(12,13)14/h1-2,5,16H,3-4H2. The van der Waals surface area contributed by atoms with Gasteiger partial charge in [0.2, 0.25) is 0 Å². The van der Waals surface area contributed by atoms with E-state index in [-0.39, 0.29) is 0 Å². The molecule has 1 heterocycles. The van der Waals surface area contributed by atoms with Crippen LogP contribution >= 0.6 is 0 Å². The maximum Gasteiger partial charge on any atom is 0.433 e. The Morgan fingerprint density at radius 2 is 1.75 bits per heavy atom. The highest BCUT2D eigenvalue weighted by atomic mass is 19.4. The van der Waals surface area contributed by atoms with E-state index in [1.54, 1.807) is 0 Å². The molecular formula is C9H8F5NO. The Morgan fingerprint density at radius 1 is 1.12 bits per heavy atom. The van der Waals surface area contributed by atoms with Crippen LogP contribution in [-0.4, -0.2) is 16.7 Å². The largest absolute Gasteiger partial charge is 0.433 e. The van der Waals surface area contributed by atoms with Gasteiger partial charge in [0.15, 0.2) is 0 Å². The third kappa shape index (κ3) is 2.88. The van der Waals surface area contributed by atoms with E-state index in [9.17, 15) is 22.0 Å². The van der Waals surface area contributed by atoms with Crippen molar-refractivity contribution in [2.75, 3.05) is 6.61 Å². The van der Waals surface area contributed by atoms with Gasteiger partial charge in [-0.25, -0.2) is 8.78 Å². The fraction of sp³-hybridized carbons (Fsp3) is 0.444. The van der Waals surface area contributed by atoms with E-state index in [4.69, 9.17) is 5.11 Å². The van der Waals surface area contributed by atoms with Crippen LogP contribution in [0.3, 0.4) is 0 Å². The van der Waals surface area contributed by atoms with Gasteiger partial charge in [-0.15, -0.1) is 0 Å². The van der Waals surface area contributed by atoms with Crippen molar-refractivity contribution in [3.63, 3.8) is 0 Å². The van der Waals surface area contributed by atoms with Crippen molar-refractivity contribution >= 4 is 0 Å². The molecule has 1 aromatic rings. The molecule has 0 amide bonds. The Bertz CT molecular complexity index is 346. The first kappa shape index (κ1) is 12.8. The summed E-state index contributed by atoms with van der Waals surface area (Å²) >= 11 is 0. The SMILES string of the molecule is OCCC(F)(F)c1ccc(C(F)(F)F)nc1. The van der Waals surface area contributed by atoms with Crippen LogP contribution in [0.25, 0.3) is 0 Å². The van der Waals surface area contributed by atoms with Gasteiger partial charge in [-0.3, -0.25) is 4.98 Å². The van der Waals surface area contributed by atoms with E-state index in [0.29, 0.717) is 18.3 Å². The Balaban J connectivity index is 2.95. The fourth-order valence-electron chi connectivity index (χ4n) is 1.06. The minimum Gasteiger partial charge on any atom is -0.396 e. The van der Waals surface area contributed by atoms with Crippen LogP contribution in [0.15, 0.2) is 18.3 Å². The van der Waals surface area contributed by atoms with E-state index in [2.05, 4.69) is 4.98 Å². The monoisotopic (exact) mass is 241 g/mol. The molecule has 0 atom stereocenters. The number of rotatable bonds is 3. The molecule has 1 aromatic heterocycles. The molecule has 0 aliphatic rings. The highest BCUT2D eigenvalue weighted by Gasteiger charge is 2.35. The molecule has 7 heteroatoms. The highest BCUT2D eigenvalue weighted by molar-refractivity contribution is 5.20. The van der Waals surface area contributed by atoms with Crippen LogP contribution in [0.4, 0.5) is 22.0 Å². The number of halogens is 5. The lowest BCUT2D eigenvalue weighted by Gasteiger charge is -2.15. The zero-order valence-electron chi connectivity index (χ0n) is 7.93. The summed E-state index contributed by atoms with van der Waals surface area (Å²) in [6.07, 6.45) is -5.02. The Kier molecular flexibility index (Phi) is 3.47. The Labute approximate surface area is 87.7 Å². The average molecular weight is 241 g/mol. The second kappa shape index (κ2) is 4.32. The van der Waals surface area contributed by atoms with Crippen LogP contribution in [0.5, 0.6) is 0 Å². The van der Waals surface area contributed by atoms with Crippen molar-refractivity contribution in [3.8, 4) is 0 Å². The molecule has 0 bridgehead atoms. The number of pyridine rings is 1. The number of hydrogen-bond donors (Lipinski definition) is 1. The summed E-state index contributed by atoms with van der Waals surface area (Å²) in [5.41, 5.74) is -1.87. The zero-order chi connectivity index (χ0) is 12.4. The Hall–Kier alpha value is -1.24. The van der Waals surface area contributed by atoms with E-state index < -0.39 is 36.4 Å². The van der Waals surface area contributed by atoms with Crippen molar-refractivity contribution in [1.82, 2.24) is 4.98 Å². The predicted octanol–water partition coefficient (Wildman–Crippen LogP) is 2.57. The third-order valence-corrected chi connectivity index (χ3v) is 1.90. The van der Waals surface area contributed by atoms with Crippen molar-refractivity contribution < 1.29 is 27.1 Å². The first-order valence-corrected chi connectivity index (χ1v) is 4.30. The molecule has 0 spiro atoms. The summed E-state index contributed by atoms with van der Waals surface area (Å²) < 4.78 is 62.4. The molecular weight excluding hydrogens is 233 g/mol. The average Bonchev–Trinajstić information content (AvgIpc) is 2.16. The second-order valence-corrected chi connectivity index (χ2v) is 3.11. The minimum atomic E-state index is -4.65.